The number of piperidine rings is 1. The summed E-state index contributed by atoms with van der Waals surface area (Å²) in [4.78, 5) is 49.6. The zero-order chi connectivity index (χ0) is 28.8. The van der Waals surface area contributed by atoms with Gasteiger partial charge in [-0.05, 0) is 37.5 Å². The van der Waals surface area contributed by atoms with E-state index in [1.807, 2.05) is 49.4 Å². The van der Waals surface area contributed by atoms with Gasteiger partial charge in [-0.15, -0.1) is 0 Å². The van der Waals surface area contributed by atoms with Crippen molar-refractivity contribution >= 4 is 29.5 Å². The number of ether oxygens (including phenoxy) is 2. The minimum Gasteiger partial charge on any atom is -0.497 e. The van der Waals surface area contributed by atoms with Crippen LogP contribution in [0.1, 0.15) is 38.7 Å². The van der Waals surface area contributed by atoms with Crippen LogP contribution in [-0.2, 0) is 30.5 Å². The number of methoxy groups -OCH3 is 1. The van der Waals surface area contributed by atoms with Gasteiger partial charge in [0, 0.05) is 50.0 Å². The van der Waals surface area contributed by atoms with E-state index in [9.17, 15) is 19.2 Å². The number of likely N-dealkylation sites (tertiary alicyclic amines) is 1. The Morgan fingerprint density at radius 2 is 1.56 bits per heavy atom. The fourth-order valence-electron chi connectivity index (χ4n) is 4.39. The molecule has 0 radical (unpaired) electrons. The summed E-state index contributed by atoms with van der Waals surface area (Å²) in [6.45, 7) is 6.12. The van der Waals surface area contributed by atoms with Gasteiger partial charge in [0.05, 0.1) is 13.7 Å². The lowest BCUT2D eigenvalue weighted by molar-refractivity contribution is -0.153. The van der Waals surface area contributed by atoms with Gasteiger partial charge < -0.3 is 19.7 Å². The second-order valence-corrected chi connectivity index (χ2v) is 8.81. The normalized spacial score (nSPS) is 14.5. The minimum atomic E-state index is -1.26. The summed E-state index contributed by atoms with van der Waals surface area (Å²) < 4.78 is 10.9. The molecule has 0 aliphatic carbocycles. The summed E-state index contributed by atoms with van der Waals surface area (Å²) >= 11 is 0. The first kappa shape index (κ1) is 31.0. The van der Waals surface area contributed by atoms with E-state index in [1.54, 1.807) is 18.9 Å². The molecule has 0 atom stereocenters. The Morgan fingerprint density at radius 1 is 0.949 bits per heavy atom. The number of aliphatic carboxylic acids is 2. The lowest BCUT2D eigenvalue weighted by atomic mass is 9.84. The third-order valence-corrected chi connectivity index (χ3v) is 6.25. The minimum absolute atomic E-state index is 0.0992. The van der Waals surface area contributed by atoms with Gasteiger partial charge >= 0.3 is 17.9 Å². The molecule has 2 aromatic rings. The van der Waals surface area contributed by atoms with Crippen LogP contribution in [0.15, 0.2) is 66.7 Å². The SMILES string of the molecule is CCOC(=O)C1(N(C(=O)CC)c2cccc(OC)c2)CCN(Cc2ccccc2)CC1.O=C(O)/C=C\C(=O)O. The number of hydrogen-bond acceptors (Lipinski definition) is 7. The number of benzene rings is 2. The van der Waals surface area contributed by atoms with Crippen molar-refractivity contribution in [2.45, 2.75) is 45.2 Å². The van der Waals surface area contributed by atoms with E-state index in [-0.39, 0.29) is 18.5 Å². The van der Waals surface area contributed by atoms with Crippen molar-refractivity contribution in [2.75, 3.05) is 31.7 Å². The highest BCUT2D eigenvalue weighted by atomic mass is 16.5. The molecule has 0 unspecified atom stereocenters. The van der Waals surface area contributed by atoms with Gasteiger partial charge in [-0.25, -0.2) is 14.4 Å². The molecule has 1 amide bonds. The predicted molar refractivity (Wildman–Crippen MR) is 145 cm³/mol. The third kappa shape index (κ3) is 8.96. The van der Waals surface area contributed by atoms with Crippen LogP contribution >= 0.6 is 0 Å². The zero-order valence-electron chi connectivity index (χ0n) is 22.5. The summed E-state index contributed by atoms with van der Waals surface area (Å²) in [6.07, 6.45) is 2.44. The molecule has 10 heteroatoms. The molecule has 1 fully saturated rings. The Labute approximate surface area is 228 Å². The Kier molecular flexibility index (Phi) is 12.2. The van der Waals surface area contributed by atoms with E-state index in [0.717, 1.165) is 6.54 Å². The monoisotopic (exact) mass is 540 g/mol. The number of nitrogens with zero attached hydrogens (tertiary/aromatic N) is 2. The summed E-state index contributed by atoms with van der Waals surface area (Å²) in [5, 5.41) is 15.6. The molecule has 0 bridgehead atoms. The number of anilines is 1. The standard InChI is InChI=1S/C25H32N2O4.C4H4O4/c1-4-23(28)27(21-12-9-13-22(18-21)30-3)25(24(29)31-5-2)14-16-26(17-15-25)19-20-10-7-6-8-11-20;5-3(6)1-2-4(7)8/h6-13,18H,4-5,14-17,19H2,1-3H3;1-2H,(H,5,6)(H,7,8)/b;2-1-. The first-order chi connectivity index (χ1) is 18.7. The number of esters is 1. The van der Waals surface area contributed by atoms with Crippen molar-refractivity contribution in [1.29, 1.82) is 0 Å². The smallest absolute Gasteiger partial charge is 0.332 e. The molecule has 10 nitrogen and oxygen atoms in total. The van der Waals surface area contributed by atoms with Gasteiger partial charge in [0.15, 0.2) is 0 Å². The molecule has 0 spiro atoms. The maximum absolute atomic E-state index is 13.3. The van der Waals surface area contributed by atoms with Gasteiger partial charge in [0.1, 0.15) is 11.3 Å². The maximum Gasteiger partial charge on any atom is 0.332 e. The highest BCUT2D eigenvalue weighted by Crippen LogP contribution is 2.37. The third-order valence-electron chi connectivity index (χ3n) is 6.25. The molecule has 2 N–H and O–H groups in total. The summed E-state index contributed by atoms with van der Waals surface area (Å²) in [7, 11) is 1.59. The van der Waals surface area contributed by atoms with Gasteiger partial charge in [-0.1, -0.05) is 43.3 Å². The molecule has 3 rings (SSSR count). The number of carbonyl (C=O) groups is 4. The van der Waals surface area contributed by atoms with Crippen molar-refractivity contribution in [3.8, 4) is 5.75 Å². The van der Waals surface area contributed by atoms with Crippen molar-refractivity contribution in [3.63, 3.8) is 0 Å². The van der Waals surface area contributed by atoms with Crippen LogP contribution < -0.4 is 9.64 Å². The Morgan fingerprint density at radius 3 is 2.08 bits per heavy atom. The highest BCUT2D eigenvalue weighted by molar-refractivity contribution is 6.02. The van der Waals surface area contributed by atoms with E-state index >= 15 is 0 Å². The Balaban J connectivity index is 0.000000580. The molecule has 210 valence electrons. The first-order valence-electron chi connectivity index (χ1n) is 12.7. The molecular formula is C29H36N2O8. The van der Waals surface area contributed by atoms with Gasteiger partial charge in [-0.2, -0.15) is 0 Å². The van der Waals surface area contributed by atoms with E-state index < -0.39 is 17.5 Å². The van der Waals surface area contributed by atoms with Gasteiger partial charge in [0.2, 0.25) is 5.91 Å². The molecule has 0 saturated carbocycles. The molecule has 0 aromatic heterocycles. The van der Waals surface area contributed by atoms with Crippen molar-refractivity contribution in [1.82, 2.24) is 4.90 Å². The first-order valence-corrected chi connectivity index (χ1v) is 12.7. The quantitative estimate of drug-likeness (QED) is 0.341. The van der Waals surface area contributed by atoms with Gasteiger partial charge in [0.25, 0.3) is 0 Å². The van der Waals surface area contributed by atoms with Crippen LogP contribution in [0.4, 0.5) is 5.69 Å². The Bertz CT molecular complexity index is 1120. The summed E-state index contributed by atoms with van der Waals surface area (Å²) in [5.41, 5.74) is 0.874. The molecule has 1 aliphatic rings. The lowest BCUT2D eigenvalue weighted by Gasteiger charge is -2.46. The summed E-state index contributed by atoms with van der Waals surface area (Å²) in [5.74, 6) is -2.30. The number of carboxylic acids is 2. The van der Waals surface area contributed by atoms with Crippen molar-refractivity contribution in [3.05, 3.63) is 72.3 Å². The fraction of sp³-hybridized carbons (Fsp3) is 0.379. The number of rotatable bonds is 10. The van der Waals surface area contributed by atoms with Crippen LogP contribution in [0.5, 0.6) is 5.75 Å². The molecule has 2 aromatic carbocycles. The van der Waals surface area contributed by atoms with E-state index in [2.05, 4.69) is 17.0 Å². The average Bonchev–Trinajstić information content (AvgIpc) is 2.94. The van der Waals surface area contributed by atoms with Gasteiger partial charge in [-0.3, -0.25) is 14.6 Å². The van der Waals surface area contributed by atoms with Crippen LogP contribution in [0, 0.1) is 0 Å². The highest BCUT2D eigenvalue weighted by Gasteiger charge is 2.50. The fourth-order valence-corrected chi connectivity index (χ4v) is 4.39. The van der Waals surface area contributed by atoms with E-state index in [1.165, 1.54) is 5.56 Å². The van der Waals surface area contributed by atoms with Crippen LogP contribution in [-0.4, -0.2) is 71.3 Å². The van der Waals surface area contributed by atoms with Crippen molar-refractivity contribution < 1.29 is 38.9 Å². The molecular weight excluding hydrogens is 504 g/mol. The lowest BCUT2D eigenvalue weighted by Crippen LogP contribution is -2.62. The molecule has 1 aliphatic heterocycles. The van der Waals surface area contributed by atoms with E-state index in [0.29, 0.717) is 55.9 Å². The Hall–Kier alpha value is -4.18. The largest absolute Gasteiger partial charge is 0.497 e. The van der Waals surface area contributed by atoms with E-state index in [4.69, 9.17) is 19.7 Å². The summed E-state index contributed by atoms with van der Waals surface area (Å²) in [6, 6.07) is 17.6. The van der Waals surface area contributed by atoms with Crippen LogP contribution in [0.2, 0.25) is 0 Å². The number of carbonyl (C=O) groups excluding carboxylic acids is 2. The second-order valence-electron chi connectivity index (χ2n) is 8.81. The number of hydrogen-bond donors (Lipinski definition) is 2. The molecule has 39 heavy (non-hydrogen) atoms. The van der Waals surface area contributed by atoms with Crippen LogP contribution in [0.3, 0.4) is 0 Å². The second kappa shape index (κ2) is 15.3. The molecule has 1 heterocycles. The maximum atomic E-state index is 13.3. The predicted octanol–water partition coefficient (Wildman–Crippen LogP) is 3.75. The zero-order valence-corrected chi connectivity index (χ0v) is 22.5. The van der Waals surface area contributed by atoms with Crippen molar-refractivity contribution in [2.24, 2.45) is 0 Å². The number of carboxylic acid groups (broad SMARTS) is 2. The topological polar surface area (TPSA) is 134 Å². The number of amides is 1. The molecule has 1 saturated heterocycles. The average molecular weight is 541 g/mol. The van der Waals surface area contributed by atoms with Crippen LogP contribution in [0.25, 0.3) is 0 Å².